The molecule has 2 aliphatic rings. The Morgan fingerprint density at radius 1 is 1.00 bits per heavy atom. The Morgan fingerprint density at radius 2 is 1.83 bits per heavy atom. The fourth-order valence-electron chi connectivity index (χ4n) is 7.68. The number of benzene rings is 2. The molecular weight excluding hydrogens is 663 g/mol. The van der Waals surface area contributed by atoms with Crippen LogP contribution in [0.15, 0.2) is 88.7 Å². The Kier molecular flexibility index (Phi) is 8.89. The summed E-state index contributed by atoms with van der Waals surface area (Å²) < 4.78 is 19.4. The minimum absolute atomic E-state index is 0.0288. The van der Waals surface area contributed by atoms with E-state index >= 15 is 0 Å². The van der Waals surface area contributed by atoms with Crippen molar-refractivity contribution in [3.63, 3.8) is 0 Å². The van der Waals surface area contributed by atoms with Gasteiger partial charge in [0.15, 0.2) is 5.65 Å². The first-order valence-corrected chi connectivity index (χ1v) is 17.6. The molecule has 5 heterocycles. The summed E-state index contributed by atoms with van der Waals surface area (Å²) in [5.41, 5.74) is 4.82. The molecule has 0 bridgehead atoms. The molecule has 2 aromatic carbocycles. The average Bonchev–Trinajstić information content (AvgIpc) is 3.57. The predicted octanol–water partition coefficient (Wildman–Crippen LogP) is 4.22. The number of nitrogens with zero attached hydrogens (tertiary/aromatic N) is 6. The highest BCUT2D eigenvalue weighted by Crippen LogP contribution is 2.31. The van der Waals surface area contributed by atoms with E-state index in [1.165, 1.54) is 9.13 Å². The molecule has 1 saturated carbocycles. The van der Waals surface area contributed by atoms with E-state index in [0.29, 0.717) is 44.7 Å². The van der Waals surface area contributed by atoms with Gasteiger partial charge in [0, 0.05) is 50.2 Å². The van der Waals surface area contributed by atoms with E-state index in [9.17, 15) is 23.9 Å². The summed E-state index contributed by atoms with van der Waals surface area (Å²) in [5.74, 6) is -0.611. The summed E-state index contributed by atoms with van der Waals surface area (Å²) in [6.07, 6.45) is 5.74. The standard InChI is InChI=1S/C39H39FN8O4/c1-24-4-2-7-35-44-29(22-46(24)35)20-42-28-8-10-30(11-9-28)48-38(51)34-18-27(40)19-43-37(34)47(39(48)52)31-6-3-5-25(16-31)33-13-12-32(49)17-26(33)21-45-15-14-41-36(50)23-45/h2-7,12-13,16-19,22,28,30,42,49H,8-11,14-15,20-21,23H2,1H3,(H,41,50)/t28-,30+. The van der Waals surface area contributed by atoms with Crippen molar-refractivity contribution in [2.75, 3.05) is 19.6 Å². The Bertz CT molecular complexity index is 2450. The van der Waals surface area contributed by atoms with Gasteiger partial charge in [0.1, 0.15) is 17.2 Å². The first kappa shape index (κ1) is 33.5. The summed E-state index contributed by atoms with van der Waals surface area (Å²) in [7, 11) is 0. The maximum atomic E-state index is 14.6. The molecule has 1 amide bonds. The fourth-order valence-corrected chi connectivity index (χ4v) is 7.68. The van der Waals surface area contributed by atoms with Crippen LogP contribution < -0.4 is 21.9 Å². The van der Waals surface area contributed by atoms with Crippen molar-refractivity contribution in [2.45, 2.75) is 57.8 Å². The molecule has 0 unspecified atom stereocenters. The van der Waals surface area contributed by atoms with Gasteiger partial charge in [-0.25, -0.2) is 23.7 Å². The molecule has 0 spiro atoms. The summed E-state index contributed by atoms with van der Waals surface area (Å²) >= 11 is 0. The summed E-state index contributed by atoms with van der Waals surface area (Å²) in [6.45, 7) is 4.56. The van der Waals surface area contributed by atoms with E-state index in [2.05, 4.69) is 20.0 Å². The number of amides is 1. The quantitative estimate of drug-likeness (QED) is 0.215. The smallest absolute Gasteiger partial charge is 0.337 e. The van der Waals surface area contributed by atoms with Gasteiger partial charge in [0.2, 0.25) is 5.91 Å². The lowest BCUT2D eigenvalue weighted by atomic mass is 9.91. The number of aromatic nitrogens is 5. The molecular formula is C39H39FN8O4. The molecule has 4 aromatic heterocycles. The lowest BCUT2D eigenvalue weighted by Crippen LogP contribution is -2.47. The second-order valence-corrected chi connectivity index (χ2v) is 13.8. The number of carbonyl (C=O) groups is 1. The number of aromatic hydroxyl groups is 1. The zero-order valence-electron chi connectivity index (χ0n) is 28.8. The number of nitrogens with one attached hydrogen (secondary N) is 2. The monoisotopic (exact) mass is 702 g/mol. The number of hydrogen-bond acceptors (Lipinski definition) is 8. The van der Waals surface area contributed by atoms with Crippen LogP contribution in [0, 0.1) is 12.7 Å². The Hall–Kier alpha value is -5.66. The molecule has 12 nitrogen and oxygen atoms in total. The van der Waals surface area contributed by atoms with Crippen molar-refractivity contribution in [3.8, 4) is 22.6 Å². The Balaban J connectivity index is 1.09. The van der Waals surface area contributed by atoms with Crippen LogP contribution in [-0.2, 0) is 17.9 Å². The number of piperazine rings is 1. The van der Waals surface area contributed by atoms with Crippen molar-refractivity contribution in [1.82, 2.24) is 39.0 Å². The number of phenolic OH excluding ortho intramolecular Hbond substituents is 1. The minimum Gasteiger partial charge on any atom is -0.508 e. The van der Waals surface area contributed by atoms with Gasteiger partial charge in [-0.15, -0.1) is 0 Å². The van der Waals surface area contributed by atoms with Crippen LogP contribution >= 0.6 is 0 Å². The molecule has 52 heavy (non-hydrogen) atoms. The molecule has 0 radical (unpaired) electrons. The highest BCUT2D eigenvalue weighted by atomic mass is 19.1. The summed E-state index contributed by atoms with van der Waals surface area (Å²) in [6, 6.07) is 19.4. The number of pyridine rings is 2. The van der Waals surface area contributed by atoms with Crippen LogP contribution in [0.4, 0.5) is 4.39 Å². The van der Waals surface area contributed by atoms with Crippen molar-refractivity contribution in [2.24, 2.45) is 0 Å². The lowest BCUT2D eigenvalue weighted by Gasteiger charge is -2.30. The Labute approximate surface area is 298 Å². The topological polar surface area (TPSA) is 139 Å². The zero-order valence-corrected chi connectivity index (χ0v) is 28.8. The van der Waals surface area contributed by atoms with Gasteiger partial charge in [0.05, 0.1) is 29.5 Å². The normalized spacial score (nSPS) is 18.2. The molecule has 3 N–H and O–H groups in total. The summed E-state index contributed by atoms with van der Waals surface area (Å²) in [5, 5.41) is 16.8. The van der Waals surface area contributed by atoms with Crippen LogP contribution in [-0.4, -0.2) is 65.1 Å². The third-order valence-electron chi connectivity index (χ3n) is 10.3. The highest BCUT2D eigenvalue weighted by Gasteiger charge is 2.28. The van der Waals surface area contributed by atoms with Crippen molar-refractivity contribution in [3.05, 3.63) is 123 Å². The number of phenols is 1. The van der Waals surface area contributed by atoms with E-state index in [-0.39, 0.29) is 41.3 Å². The second kappa shape index (κ2) is 13.8. The molecule has 13 heteroatoms. The van der Waals surface area contributed by atoms with Crippen LogP contribution in [0.1, 0.15) is 48.7 Å². The SMILES string of the molecule is Cc1cccc2nc(CN[C@H]3CC[C@@H](n4c(=O)c5cc(F)cnc5n(-c5cccc(-c6ccc(O)cc6CN6CCNC(=O)C6)c5)c4=O)CC3)cn12. The molecule has 0 atom stereocenters. The molecule has 2 fully saturated rings. The number of imidazole rings is 1. The van der Waals surface area contributed by atoms with E-state index in [1.807, 2.05) is 60.5 Å². The van der Waals surface area contributed by atoms with Crippen molar-refractivity contribution < 1.29 is 14.3 Å². The van der Waals surface area contributed by atoms with Gasteiger partial charge in [-0.3, -0.25) is 19.1 Å². The lowest BCUT2D eigenvalue weighted by molar-refractivity contribution is -0.124. The van der Waals surface area contributed by atoms with E-state index in [1.54, 1.807) is 18.2 Å². The first-order valence-electron chi connectivity index (χ1n) is 17.6. The molecule has 1 saturated heterocycles. The number of fused-ring (bicyclic) bond motifs is 2. The second-order valence-electron chi connectivity index (χ2n) is 13.8. The number of halogens is 1. The van der Waals surface area contributed by atoms with Gasteiger partial charge in [0.25, 0.3) is 5.56 Å². The van der Waals surface area contributed by atoms with Gasteiger partial charge < -0.3 is 20.1 Å². The van der Waals surface area contributed by atoms with Gasteiger partial charge in [-0.1, -0.05) is 24.3 Å². The number of rotatable bonds is 8. The third kappa shape index (κ3) is 6.48. The van der Waals surface area contributed by atoms with E-state index in [0.717, 1.165) is 58.8 Å². The minimum atomic E-state index is -0.662. The molecule has 1 aliphatic heterocycles. The maximum absolute atomic E-state index is 14.6. The van der Waals surface area contributed by atoms with E-state index in [4.69, 9.17) is 4.98 Å². The van der Waals surface area contributed by atoms with Gasteiger partial charge in [-0.2, -0.15) is 0 Å². The largest absolute Gasteiger partial charge is 0.508 e. The molecule has 8 rings (SSSR count). The van der Waals surface area contributed by atoms with Crippen LogP contribution in [0.3, 0.4) is 0 Å². The van der Waals surface area contributed by atoms with Gasteiger partial charge in [-0.05, 0) is 91.8 Å². The number of hydrogen-bond donors (Lipinski definition) is 3. The third-order valence-corrected chi connectivity index (χ3v) is 10.3. The number of carbonyl (C=O) groups excluding carboxylic acids is 1. The maximum Gasteiger partial charge on any atom is 0.337 e. The predicted molar refractivity (Wildman–Crippen MR) is 195 cm³/mol. The van der Waals surface area contributed by atoms with Crippen LogP contribution in [0.2, 0.25) is 0 Å². The average molecular weight is 703 g/mol. The van der Waals surface area contributed by atoms with Gasteiger partial charge >= 0.3 is 5.69 Å². The molecule has 1 aliphatic carbocycles. The number of aryl methyl sites for hydroxylation is 1. The van der Waals surface area contributed by atoms with Crippen LogP contribution in [0.25, 0.3) is 33.5 Å². The van der Waals surface area contributed by atoms with Crippen molar-refractivity contribution >= 4 is 22.6 Å². The van der Waals surface area contributed by atoms with Crippen molar-refractivity contribution in [1.29, 1.82) is 0 Å². The first-order chi connectivity index (χ1) is 25.2. The van der Waals surface area contributed by atoms with E-state index < -0.39 is 17.1 Å². The zero-order chi connectivity index (χ0) is 35.9. The highest BCUT2D eigenvalue weighted by molar-refractivity contribution is 5.79. The molecule has 6 aromatic rings. The Morgan fingerprint density at radius 3 is 2.63 bits per heavy atom. The fraction of sp³-hybridized carbons (Fsp3) is 0.308. The molecule has 266 valence electrons. The summed E-state index contributed by atoms with van der Waals surface area (Å²) in [4.78, 5) is 51.4. The van der Waals surface area contributed by atoms with Crippen LogP contribution in [0.5, 0.6) is 5.75 Å².